The lowest BCUT2D eigenvalue weighted by molar-refractivity contribution is -0.121. The van der Waals surface area contributed by atoms with Gasteiger partial charge in [0, 0.05) is 38.5 Å². The molecule has 0 bridgehead atoms. The zero-order chi connectivity index (χ0) is 16.6. The average Bonchev–Trinajstić information content (AvgIpc) is 2.51. The molecular formula is C16H23O5P. The minimum absolute atomic E-state index is 0.187. The van der Waals surface area contributed by atoms with Crippen LogP contribution in [0.25, 0.3) is 0 Å². The predicted octanol–water partition coefficient (Wildman–Crippen LogP) is 2.93. The van der Waals surface area contributed by atoms with Crippen molar-refractivity contribution >= 4 is 19.8 Å². The minimum Gasteiger partial charge on any atom is -0.303 e. The second-order valence-corrected chi connectivity index (χ2v) is 5.40. The molecule has 0 aromatic rings. The van der Waals surface area contributed by atoms with E-state index in [0.29, 0.717) is 12.8 Å². The van der Waals surface area contributed by atoms with Crippen LogP contribution in [0.1, 0.15) is 52.4 Å². The third kappa shape index (κ3) is 13.6. The van der Waals surface area contributed by atoms with Crippen LogP contribution in [0, 0.1) is 23.7 Å². The van der Waals surface area contributed by atoms with E-state index in [9.17, 15) is 14.2 Å². The van der Waals surface area contributed by atoms with Gasteiger partial charge in [0.15, 0.2) is 11.6 Å². The summed E-state index contributed by atoms with van der Waals surface area (Å²) in [5.74, 6) is 11.0. The summed E-state index contributed by atoms with van der Waals surface area (Å²) >= 11 is 0. The van der Waals surface area contributed by atoms with Gasteiger partial charge < -0.3 is 9.05 Å². The highest BCUT2D eigenvalue weighted by Crippen LogP contribution is 2.23. The van der Waals surface area contributed by atoms with Gasteiger partial charge in [0.05, 0.1) is 0 Å². The Morgan fingerprint density at radius 3 is 1.59 bits per heavy atom. The summed E-state index contributed by atoms with van der Waals surface area (Å²) in [5, 5.41) is 0. The Morgan fingerprint density at radius 2 is 1.23 bits per heavy atom. The van der Waals surface area contributed by atoms with Crippen LogP contribution in [-0.4, -0.2) is 24.8 Å². The van der Waals surface area contributed by atoms with E-state index < -0.39 is 8.25 Å². The zero-order valence-electron chi connectivity index (χ0n) is 13.2. The number of hydrogen-bond acceptors (Lipinski definition) is 5. The first kappa shape index (κ1) is 20.6. The van der Waals surface area contributed by atoms with Crippen LogP contribution in [0.2, 0.25) is 0 Å². The summed E-state index contributed by atoms with van der Waals surface area (Å²) in [6.45, 7) is 3.31. The van der Waals surface area contributed by atoms with Crippen molar-refractivity contribution < 1.29 is 23.2 Å². The number of hydrogen-bond donors (Lipinski definition) is 0. The lowest BCUT2D eigenvalue weighted by Gasteiger charge is -2.03. The molecule has 22 heavy (non-hydrogen) atoms. The molecule has 0 rings (SSSR count). The van der Waals surface area contributed by atoms with Crippen LogP contribution in [0.4, 0.5) is 0 Å². The first-order valence-electron chi connectivity index (χ1n) is 7.34. The maximum absolute atomic E-state index is 11.4. The summed E-state index contributed by atoms with van der Waals surface area (Å²) < 4.78 is 21.0. The Hall–Kier alpha value is -1.39. The summed E-state index contributed by atoms with van der Waals surface area (Å²) in [7, 11) is -2.81. The molecule has 0 heterocycles. The smallest absolute Gasteiger partial charge is 0.303 e. The number of ketones is 2. The summed E-state index contributed by atoms with van der Waals surface area (Å²) in [6.07, 6.45) is 2.97. The van der Waals surface area contributed by atoms with Gasteiger partial charge in [0.2, 0.25) is 0 Å². The van der Waals surface area contributed by atoms with Crippen molar-refractivity contribution in [2.24, 2.45) is 0 Å². The van der Waals surface area contributed by atoms with Crippen molar-refractivity contribution in [1.82, 2.24) is 0 Å². The molecule has 0 N–H and O–H groups in total. The van der Waals surface area contributed by atoms with Crippen LogP contribution in [0.5, 0.6) is 0 Å². The summed E-state index contributed by atoms with van der Waals surface area (Å²) in [5.41, 5.74) is 0. The largest absolute Gasteiger partial charge is 0.319 e. The summed E-state index contributed by atoms with van der Waals surface area (Å²) in [4.78, 5) is 22.8. The molecule has 0 atom stereocenters. The van der Waals surface area contributed by atoms with E-state index in [1.807, 2.05) is 13.8 Å². The first-order valence-corrected chi connectivity index (χ1v) is 8.57. The quantitative estimate of drug-likeness (QED) is 0.456. The van der Waals surface area contributed by atoms with Gasteiger partial charge in [-0.2, -0.15) is 0 Å². The van der Waals surface area contributed by atoms with Gasteiger partial charge >= 0.3 is 8.25 Å². The fourth-order valence-corrected chi connectivity index (χ4v) is 1.94. The topological polar surface area (TPSA) is 69.7 Å². The Labute approximate surface area is 133 Å². The van der Waals surface area contributed by atoms with Crippen molar-refractivity contribution in [1.29, 1.82) is 0 Å². The molecule has 0 aromatic heterocycles. The molecule has 122 valence electrons. The second-order valence-electron chi connectivity index (χ2n) is 4.32. The molecule has 5 nitrogen and oxygen atoms in total. The molecule has 0 unspecified atom stereocenters. The van der Waals surface area contributed by atoms with Gasteiger partial charge in [-0.3, -0.25) is 14.2 Å². The molecule has 0 spiro atoms. The number of rotatable bonds is 10. The van der Waals surface area contributed by atoms with Crippen LogP contribution in [-0.2, 0) is 23.2 Å². The minimum atomic E-state index is -2.81. The van der Waals surface area contributed by atoms with Gasteiger partial charge in [-0.15, -0.1) is 23.7 Å². The van der Waals surface area contributed by atoms with E-state index >= 15 is 0 Å². The van der Waals surface area contributed by atoms with Crippen molar-refractivity contribution in [3.05, 3.63) is 0 Å². The Balaban J connectivity index is 3.72. The highest BCUT2D eigenvalue weighted by molar-refractivity contribution is 7.33. The van der Waals surface area contributed by atoms with Crippen LogP contribution >= 0.6 is 8.25 Å². The van der Waals surface area contributed by atoms with Gasteiger partial charge in [-0.1, -0.05) is 13.8 Å². The zero-order valence-corrected chi connectivity index (χ0v) is 14.2. The third-order valence-corrected chi connectivity index (χ3v) is 3.12. The molecule has 0 saturated carbocycles. The highest BCUT2D eigenvalue weighted by atomic mass is 31.1. The molecule has 0 aliphatic carbocycles. The Bertz CT molecular complexity index is 446. The van der Waals surface area contributed by atoms with Crippen LogP contribution < -0.4 is 0 Å². The number of carbonyl (C=O) groups is 2. The Morgan fingerprint density at radius 1 is 0.818 bits per heavy atom. The molecule has 0 aliphatic heterocycles. The van der Waals surface area contributed by atoms with E-state index in [0.717, 1.165) is 12.8 Å². The molecule has 6 heteroatoms. The van der Waals surface area contributed by atoms with Crippen LogP contribution in [0.3, 0.4) is 0 Å². The highest BCUT2D eigenvalue weighted by Gasteiger charge is 2.08. The molecule has 0 saturated heterocycles. The molecular weight excluding hydrogens is 303 g/mol. The first-order chi connectivity index (χ1) is 10.6. The van der Waals surface area contributed by atoms with Gasteiger partial charge in [-0.05, 0) is 0 Å². The molecule has 0 radical (unpaired) electrons. The molecule has 0 amide bonds. The van der Waals surface area contributed by atoms with Gasteiger partial charge in [0.1, 0.15) is 13.2 Å². The van der Waals surface area contributed by atoms with E-state index in [2.05, 4.69) is 23.7 Å². The van der Waals surface area contributed by atoms with Gasteiger partial charge in [-0.25, -0.2) is 0 Å². The van der Waals surface area contributed by atoms with Crippen molar-refractivity contribution in [2.75, 3.05) is 13.2 Å². The fourth-order valence-electron chi connectivity index (χ4n) is 1.30. The lowest BCUT2D eigenvalue weighted by Crippen LogP contribution is -2.08. The fraction of sp³-hybridized carbons (Fsp3) is 0.625. The third-order valence-electron chi connectivity index (χ3n) is 2.36. The lowest BCUT2D eigenvalue weighted by atomic mass is 10.2. The summed E-state index contributed by atoms with van der Waals surface area (Å²) in [6, 6.07) is 0. The second kappa shape index (κ2) is 14.5. The number of Topliss-reactive ketones (excluding diaryl/α,β-unsaturated/α-hetero) is 2. The van der Waals surface area contributed by atoms with Crippen molar-refractivity contribution in [3.8, 4) is 23.7 Å². The van der Waals surface area contributed by atoms with Gasteiger partial charge in [0.25, 0.3) is 0 Å². The van der Waals surface area contributed by atoms with E-state index in [1.54, 1.807) is 0 Å². The van der Waals surface area contributed by atoms with Crippen molar-refractivity contribution in [3.63, 3.8) is 0 Å². The Kier molecular flexibility index (Phi) is 13.6. The monoisotopic (exact) mass is 326 g/mol. The molecule has 0 aliphatic rings. The van der Waals surface area contributed by atoms with Crippen molar-refractivity contribution in [2.45, 2.75) is 52.4 Å². The SMILES string of the molecule is CCC#CCCC(=O)CO[PH](=O)OCC(=O)CCC#CCC. The molecule has 0 fully saturated rings. The normalized spacial score (nSPS) is 9.59. The predicted molar refractivity (Wildman–Crippen MR) is 85.5 cm³/mol. The standard InChI is InChI=1S/C16H23O5P/c1-3-5-7-9-11-15(17)13-20-22(19)21-14-16(18)12-10-8-6-4-2/h22H,3-4,9-14H2,1-2H3. The maximum Gasteiger partial charge on any atom is 0.319 e. The van der Waals surface area contributed by atoms with E-state index in [1.165, 1.54) is 0 Å². The molecule has 0 aromatic carbocycles. The van der Waals surface area contributed by atoms with Crippen LogP contribution in [0.15, 0.2) is 0 Å². The average molecular weight is 326 g/mol. The van der Waals surface area contributed by atoms with E-state index in [4.69, 9.17) is 9.05 Å². The van der Waals surface area contributed by atoms with E-state index in [-0.39, 0.29) is 37.6 Å². The number of carbonyl (C=O) groups excluding carboxylic acids is 2. The maximum atomic E-state index is 11.4.